The summed E-state index contributed by atoms with van der Waals surface area (Å²) >= 11 is 0. The number of amides is 3. The van der Waals surface area contributed by atoms with Crippen molar-refractivity contribution < 1.29 is 14.3 Å². The summed E-state index contributed by atoms with van der Waals surface area (Å²) in [5, 5.41) is 8.43. The number of carbonyl (C=O) groups is 2. The topological polar surface area (TPSA) is 82.7 Å². The van der Waals surface area contributed by atoms with E-state index in [4.69, 9.17) is 4.74 Å². The quantitative estimate of drug-likeness (QED) is 0.682. The Hall–Kier alpha value is -2.12. The van der Waals surface area contributed by atoms with Gasteiger partial charge in [0.1, 0.15) is 0 Å². The van der Waals surface area contributed by atoms with Crippen molar-refractivity contribution in [2.75, 3.05) is 38.1 Å². The summed E-state index contributed by atoms with van der Waals surface area (Å²) in [6.07, 6.45) is -0.000391. The minimum atomic E-state index is -0.289. The number of rotatable bonds is 7. The maximum Gasteiger partial charge on any atom is 0.319 e. The number of nitrogens with one attached hydrogen (secondary N) is 3. The molecule has 3 N–H and O–H groups in total. The summed E-state index contributed by atoms with van der Waals surface area (Å²) in [6.45, 7) is 12.2. The van der Waals surface area contributed by atoms with E-state index in [-0.39, 0.29) is 24.1 Å². The van der Waals surface area contributed by atoms with Gasteiger partial charge in [-0.2, -0.15) is 0 Å². The third kappa shape index (κ3) is 7.56. The van der Waals surface area contributed by atoms with Crippen LogP contribution in [0.3, 0.4) is 0 Å². The van der Waals surface area contributed by atoms with E-state index < -0.39 is 0 Å². The van der Waals surface area contributed by atoms with Gasteiger partial charge in [0.2, 0.25) is 0 Å². The zero-order valence-electron chi connectivity index (χ0n) is 16.7. The van der Waals surface area contributed by atoms with E-state index in [1.54, 1.807) is 24.3 Å². The van der Waals surface area contributed by atoms with Gasteiger partial charge in [-0.05, 0) is 38.0 Å². The molecule has 7 heteroatoms. The Balaban J connectivity index is 1.85. The Labute approximate surface area is 161 Å². The summed E-state index contributed by atoms with van der Waals surface area (Å²) in [5.74, 6) is 0.439. The number of nitrogens with zero attached hydrogens (tertiary/aromatic N) is 1. The van der Waals surface area contributed by atoms with Gasteiger partial charge in [-0.25, -0.2) is 4.79 Å². The molecule has 1 aromatic carbocycles. The monoisotopic (exact) mass is 376 g/mol. The second-order valence-corrected chi connectivity index (χ2v) is 7.69. The molecule has 1 unspecified atom stereocenters. The molecule has 1 aliphatic heterocycles. The molecule has 27 heavy (non-hydrogen) atoms. The van der Waals surface area contributed by atoms with E-state index in [0.29, 0.717) is 30.3 Å². The molecular weight excluding hydrogens is 344 g/mol. The van der Waals surface area contributed by atoms with E-state index in [9.17, 15) is 9.59 Å². The molecule has 3 amide bonds. The number of ether oxygens (including phenoxy) is 1. The normalized spacial score (nSPS) is 17.8. The van der Waals surface area contributed by atoms with Crippen molar-refractivity contribution in [1.29, 1.82) is 0 Å². The molecule has 0 radical (unpaired) electrons. The first-order valence-electron chi connectivity index (χ1n) is 9.63. The number of anilines is 1. The first-order valence-corrected chi connectivity index (χ1v) is 9.63. The fraction of sp³-hybridized carbons (Fsp3) is 0.600. The zero-order chi connectivity index (χ0) is 19.8. The second-order valence-electron chi connectivity index (χ2n) is 7.69. The lowest BCUT2D eigenvalue weighted by Gasteiger charge is -2.33. The van der Waals surface area contributed by atoms with Gasteiger partial charge in [0, 0.05) is 43.5 Å². The van der Waals surface area contributed by atoms with Gasteiger partial charge in [-0.3, -0.25) is 9.69 Å². The van der Waals surface area contributed by atoms with Crippen LogP contribution in [0.5, 0.6) is 0 Å². The third-order valence-electron chi connectivity index (χ3n) is 4.14. The van der Waals surface area contributed by atoms with E-state index in [1.165, 1.54) is 0 Å². The fourth-order valence-electron chi connectivity index (χ4n) is 3.06. The maximum atomic E-state index is 12.5. The van der Waals surface area contributed by atoms with Crippen LogP contribution in [0.25, 0.3) is 0 Å². The van der Waals surface area contributed by atoms with Gasteiger partial charge >= 0.3 is 6.03 Å². The molecule has 0 spiro atoms. The van der Waals surface area contributed by atoms with Crippen LogP contribution in [-0.4, -0.2) is 61.8 Å². The predicted octanol–water partition coefficient (Wildman–Crippen LogP) is 2.30. The highest BCUT2D eigenvalue weighted by molar-refractivity contribution is 5.96. The molecule has 2 rings (SSSR count). The number of morpholine rings is 1. The van der Waals surface area contributed by atoms with Crippen LogP contribution in [0.2, 0.25) is 0 Å². The standard InChI is InChI=1S/C20H32N4O3/c1-14(2)12-24-8-9-27-18(13-24)11-21-19(25)16-6-5-7-17(10-16)23-20(26)22-15(3)4/h5-7,10,14-15,18H,8-9,11-13H2,1-4H3,(H,21,25)(H2,22,23,26). The van der Waals surface area contributed by atoms with Crippen LogP contribution in [-0.2, 0) is 4.74 Å². The Bertz CT molecular complexity index is 633. The predicted molar refractivity (Wildman–Crippen MR) is 107 cm³/mol. The number of hydrogen-bond donors (Lipinski definition) is 3. The number of benzene rings is 1. The van der Waals surface area contributed by atoms with E-state index >= 15 is 0 Å². The van der Waals surface area contributed by atoms with E-state index in [0.717, 1.165) is 19.6 Å². The van der Waals surface area contributed by atoms with E-state index in [1.807, 2.05) is 13.8 Å². The number of urea groups is 1. The van der Waals surface area contributed by atoms with Crippen molar-refractivity contribution in [3.05, 3.63) is 29.8 Å². The Morgan fingerprint density at radius 2 is 2.04 bits per heavy atom. The van der Waals surface area contributed by atoms with E-state index in [2.05, 4.69) is 34.7 Å². The highest BCUT2D eigenvalue weighted by Crippen LogP contribution is 2.11. The highest BCUT2D eigenvalue weighted by atomic mass is 16.5. The molecular formula is C20H32N4O3. The summed E-state index contributed by atoms with van der Waals surface area (Å²) in [6, 6.07) is 6.66. The number of carbonyl (C=O) groups excluding carboxylic acids is 2. The molecule has 7 nitrogen and oxygen atoms in total. The lowest BCUT2D eigenvalue weighted by molar-refractivity contribution is -0.0295. The Morgan fingerprint density at radius 3 is 2.74 bits per heavy atom. The summed E-state index contributed by atoms with van der Waals surface area (Å²) in [5.41, 5.74) is 1.09. The van der Waals surface area contributed by atoms with Crippen molar-refractivity contribution in [1.82, 2.24) is 15.5 Å². The van der Waals surface area contributed by atoms with Crippen LogP contribution < -0.4 is 16.0 Å². The molecule has 0 bridgehead atoms. The maximum absolute atomic E-state index is 12.5. The van der Waals surface area contributed by atoms with Crippen LogP contribution in [0.4, 0.5) is 10.5 Å². The van der Waals surface area contributed by atoms with Crippen molar-refractivity contribution >= 4 is 17.6 Å². The minimum absolute atomic E-state index is 0.000391. The van der Waals surface area contributed by atoms with Crippen molar-refractivity contribution in [3.63, 3.8) is 0 Å². The molecule has 1 heterocycles. The van der Waals surface area contributed by atoms with Gasteiger partial charge in [-0.15, -0.1) is 0 Å². The third-order valence-corrected chi connectivity index (χ3v) is 4.14. The summed E-state index contributed by atoms with van der Waals surface area (Å²) < 4.78 is 5.77. The minimum Gasteiger partial charge on any atom is -0.374 e. The molecule has 1 atom stereocenters. The van der Waals surface area contributed by atoms with Gasteiger partial charge in [0.25, 0.3) is 5.91 Å². The zero-order valence-corrected chi connectivity index (χ0v) is 16.7. The molecule has 150 valence electrons. The summed E-state index contributed by atoms with van der Waals surface area (Å²) in [4.78, 5) is 26.6. The van der Waals surface area contributed by atoms with Gasteiger partial charge in [0.05, 0.1) is 12.7 Å². The smallest absolute Gasteiger partial charge is 0.319 e. The second kappa shape index (κ2) is 10.3. The molecule has 0 aromatic heterocycles. The molecule has 0 aliphatic carbocycles. The average Bonchev–Trinajstić information content (AvgIpc) is 2.59. The van der Waals surface area contributed by atoms with Crippen molar-refractivity contribution in [2.45, 2.75) is 39.8 Å². The lowest BCUT2D eigenvalue weighted by atomic mass is 10.1. The highest BCUT2D eigenvalue weighted by Gasteiger charge is 2.21. The van der Waals surface area contributed by atoms with Crippen LogP contribution in [0.15, 0.2) is 24.3 Å². The average molecular weight is 377 g/mol. The SMILES string of the molecule is CC(C)CN1CCOC(CNC(=O)c2cccc(NC(=O)NC(C)C)c2)C1. The first-order chi connectivity index (χ1) is 12.8. The van der Waals surface area contributed by atoms with Gasteiger partial charge in [-0.1, -0.05) is 19.9 Å². The van der Waals surface area contributed by atoms with Crippen LogP contribution >= 0.6 is 0 Å². The molecule has 1 aromatic rings. The molecule has 1 aliphatic rings. The first kappa shape index (κ1) is 21.2. The van der Waals surface area contributed by atoms with Crippen LogP contribution in [0, 0.1) is 5.92 Å². The molecule has 1 fully saturated rings. The number of hydrogen-bond acceptors (Lipinski definition) is 4. The van der Waals surface area contributed by atoms with Crippen LogP contribution in [0.1, 0.15) is 38.1 Å². The lowest BCUT2D eigenvalue weighted by Crippen LogP contribution is -2.48. The largest absolute Gasteiger partial charge is 0.374 e. The Morgan fingerprint density at radius 1 is 1.26 bits per heavy atom. The van der Waals surface area contributed by atoms with Gasteiger partial charge in [0.15, 0.2) is 0 Å². The van der Waals surface area contributed by atoms with Crippen molar-refractivity contribution in [3.8, 4) is 0 Å². The summed E-state index contributed by atoms with van der Waals surface area (Å²) in [7, 11) is 0. The molecule has 1 saturated heterocycles. The molecule has 0 saturated carbocycles. The fourth-order valence-corrected chi connectivity index (χ4v) is 3.06. The Kier molecular flexibility index (Phi) is 8.06. The van der Waals surface area contributed by atoms with Crippen molar-refractivity contribution in [2.24, 2.45) is 5.92 Å². The van der Waals surface area contributed by atoms with Gasteiger partial charge < -0.3 is 20.7 Å².